The molecular weight excluding hydrogens is 336 g/mol. The largest absolute Gasteiger partial charge is 0.378 e. The highest BCUT2D eigenvalue weighted by Gasteiger charge is 2.16. The van der Waals surface area contributed by atoms with Gasteiger partial charge in [-0.1, -0.05) is 44.6 Å². The second kappa shape index (κ2) is 10.7. The van der Waals surface area contributed by atoms with E-state index in [9.17, 15) is 10.1 Å². The van der Waals surface area contributed by atoms with Crippen LogP contribution < -0.4 is 4.90 Å². The Labute approximate surface area is 163 Å². The second-order valence-electron chi connectivity index (χ2n) is 7.26. The van der Waals surface area contributed by atoms with Crippen LogP contribution in [0.25, 0.3) is 5.57 Å². The van der Waals surface area contributed by atoms with Gasteiger partial charge in [0.2, 0.25) is 0 Å². The number of ether oxygens (including phenoxy) is 1. The Kier molecular flexibility index (Phi) is 8.29. The number of anilines is 1. The molecule has 1 aliphatic heterocycles. The van der Waals surface area contributed by atoms with Crippen molar-refractivity contribution in [2.75, 3.05) is 31.2 Å². The van der Waals surface area contributed by atoms with Gasteiger partial charge < -0.3 is 9.64 Å². The number of hydrogen-bond donors (Lipinski definition) is 0. The normalized spacial score (nSPS) is 15.7. The molecule has 2 rings (SSSR count). The van der Waals surface area contributed by atoms with Gasteiger partial charge in [0, 0.05) is 30.8 Å². The summed E-state index contributed by atoms with van der Waals surface area (Å²) in [5, 5.41) is 9.64. The zero-order valence-electron chi connectivity index (χ0n) is 16.7. The lowest BCUT2D eigenvalue weighted by atomic mass is 9.94. The van der Waals surface area contributed by atoms with Gasteiger partial charge in [-0.15, -0.1) is 0 Å². The van der Waals surface area contributed by atoms with Gasteiger partial charge in [-0.25, -0.2) is 0 Å². The number of benzene rings is 1. The summed E-state index contributed by atoms with van der Waals surface area (Å²) in [5.74, 6) is 0.499. The van der Waals surface area contributed by atoms with Crippen molar-refractivity contribution in [3.63, 3.8) is 0 Å². The predicted octanol–water partition coefficient (Wildman–Crippen LogP) is 4.77. The zero-order chi connectivity index (χ0) is 19.6. The Morgan fingerprint density at radius 1 is 1.26 bits per heavy atom. The highest BCUT2D eigenvalue weighted by molar-refractivity contribution is 6.08. The molecule has 0 bridgehead atoms. The zero-order valence-corrected chi connectivity index (χ0v) is 16.7. The molecule has 1 aliphatic rings. The average molecular weight is 367 g/mol. The summed E-state index contributed by atoms with van der Waals surface area (Å²) >= 11 is 0. The van der Waals surface area contributed by atoms with Crippen LogP contribution in [0.3, 0.4) is 0 Å². The van der Waals surface area contributed by atoms with Crippen molar-refractivity contribution in [1.29, 1.82) is 5.26 Å². The van der Waals surface area contributed by atoms with E-state index in [4.69, 9.17) is 4.74 Å². The molecule has 27 heavy (non-hydrogen) atoms. The highest BCUT2D eigenvalue weighted by Crippen LogP contribution is 2.25. The number of Topliss-reactive ketones (excluding diaryl/α,β-unsaturated/α-hetero) is 1. The van der Waals surface area contributed by atoms with Crippen molar-refractivity contribution in [3.05, 3.63) is 47.6 Å². The van der Waals surface area contributed by atoms with E-state index < -0.39 is 0 Å². The fraction of sp³-hybridized carbons (Fsp3) is 0.478. The summed E-state index contributed by atoms with van der Waals surface area (Å²) < 4.78 is 5.40. The van der Waals surface area contributed by atoms with Crippen LogP contribution in [0.2, 0.25) is 0 Å². The van der Waals surface area contributed by atoms with Gasteiger partial charge in [0.15, 0.2) is 5.78 Å². The molecule has 4 nitrogen and oxygen atoms in total. The number of ketones is 1. The molecule has 0 unspecified atom stereocenters. The van der Waals surface area contributed by atoms with E-state index in [0.29, 0.717) is 17.9 Å². The number of carbonyl (C=O) groups is 1. The summed E-state index contributed by atoms with van der Waals surface area (Å²) in [7, 11) is 0. The molecule has 1 aromatic rings. The molecule has 0 amide bonds. The third-order valence-electron chi connectivity index (χ3n) is 4.73. The van der Waals surface area contributed by atoms with Crippen LogP contribution in [-0.2, 0) is 9.53 Å². The first-order valence-corrected chi connectivity index (χ1v) is 9.80. The summed E-state index contributed by atoms with van der Waals surface area (Å²) in [6, 6.07) is 10.3. The third kappa shape index (κ3) is 6.08. The highest BCUT2D eigenvalue weighted by atomic mass is 16.5. The maximum Gasteiger partial charge on any atom is 0.174 e. The Hall–Kier alpha value is -2.38. The molecule has 0 atom stereocenters. The monoisotopic (exact) mass is 366 g/mol. The molecular formula is C23H30N2O2. The van der Waals surface area contributed by atoms with Crippen molar-refractivity contribution >= 4 is 17.0 Å². The predicted molar refractivity (Wildman–Crippen MR) is 111 cm³/mol. The van der Waals surface area contributed by atoms with Gasteiger partial charge in [0.1, 0.15) is 11.6 Å². The van der Waals surface area contributed by atoms with E-state index in [0.717, 1.165) is 50.4 Å². The molecule has 0 saturated carbocycles. The van der Waals surface area contributed by atoms with Crippen LogP contribution in [0.4, 0.5) is 5.69 Å². The minimum atomic E-state index is -0.0662. The van der Waals surface area contributed by atoms with Gasteiger partial charge in [-0.2, -0.15) is 5.26 Å². The minimum Gasteiger partial charge on any atom is -0.378 e. The lowest BCUT2D eigenvalue weighted by Gasteiger charge is -2.29. The van der Waals surface area contributed by atoms with Crippen molar-refractivity contribution in [3.8, 4) is 6.07 Å². The number of hydrogen-bond acceptors (Lipinski definition) is 4. The van der Waals surface area contributed by atoms with Crippen LogP contribution >= 0.6 is 0 Å². The van der Waals surface area contributed by atoms with Gasteiger partial charge in [0.05, 0.1) is 13.2 Å². The van der Waals surface area contributed by atoms with Crippen molar-refractivity contribution in [2.45, 2.75) is 40.0 Å². The Morgan fingerprint density at radius 3 is 2.48 bits per heavy atom. The molecule has 0 spiro atoms. The van der Waals surface area contributed by atoms with E-state index in [1.54, 1.807) is 0 Å². The van der Waals surface area contributed by atoms with E-state index in [1.807, 2.05) is 31.2 Å². The van der Waals surface area contributed by atoms with Crippen molar-refractivity contribution in [1.82, 2.24) is 0 Å². The summed E-state index contributed by atoms with van der Waals surface area (Å²) in [6.45, 7) is 9.45. The first-order valence-electron chi connectivity index (χ1n) is 9.80. The van der Waals surface area contributed by atoms with Crippen LogP contribution in [-0.4, -0.2) is 32.1 Å². The minimum absolute atomic E-state index is 0.0662. The van der Waals surface area contributed by atoms with E-state index in [-0.39, 0.29) is 11.4 Å². The van der Waals surface area contributed by atoms with E-state index in [1.165, 1.54) is 0 Å². The van der Waals surface area contributed by atoms with Crippen LogP contribution in [0.15, 0.2) is 42.0 Å². The fourth-order valence-electron chi connectivity index (χ4n) is 3.23. The SMILES string of the molecule is C/C=C\C(=C(\C#N)C(=O)CCCC(C)C)c1ccc(N2CCOCC2)cc1. The molecule has 0 aromatic heterocycles. The molecule has 4 heteroatoms. The van der Waals surface area contributed by atoms with Crippen LogP contribution in [0.1, 0.15) is 45.6 Å². The van der Waals surface area contributed by atoms with E-state index in [2.05, 4.69) is 36.9 Å². The van der Waals surface area contributed by atoms with E-state index >= 15 is 0 Å². The Balaban J connectivity index is 2.24. The molecule has 0 aliphatic carbocycles. The lowest BCUT2D eigenvalue weighted by molar-refractivity contribution is -0.115. The van der Waals surface area contributed by atoms with Crippen molar-refractivity contribution in [2.24, 2.45) is 5.92 Å². The maximum atomic E-state index is 12.6. The quantitative estimate of drug-likeness (QED) is 0.378. The molecule has 144 valence electrons. The molecule has 1 fully saturated rings. The van der Waals surface area contributed by atoms with Crippen molar-refractivity contribution < 1.29 is 9.53 Å². The lowest BCUT2D eigenvalue weighted by Crippen LogP contribution is -2.36. The van der Waals surface area contributed by atoms with Gasteiger partial charge in [-0.3, -0.25) is 4.79 Å². The second-order valence-corrected chi connectivity index (χ2v) is 7.26. The Bertz CT molecular complexity index is 718. The third-order valence-corrected chi connectivity index (χ3v) is 4.73. The first kappa shape index (κ1) is 20.9. The topological polar surface area (TPSA) is 53.3 Å². The number of allylic oxidation sites excluding steroid dienone is 4. The average Bonchev–Trinajstić information content (AvgIpc) is 2.68. The number of carbonyl (C=O) groups excluding carboxylic acids is 1. The van der Waals surface area contributed by atoms with Gasteiger partial charge in [-0.05, 0) is 37.0 Å². The molecule has 1 aromatic carbocycles. The molecule has 1 saturated heterocycles. The number of nitrogens with zero attached hydrogens (tertiary/aromatic N) is 2. The maximum absolute atomic E-state index is 12.6. The standard InChI is InChI=1S/C23H30N2O2/c1-4-6-21(22(17-24)23(26)8-5-7-18(2)3)19-9-11-20(12-10-19)25-13-15-27-16-14-25/h4,6,9-12,18H,5,7-8,13-16H2,1-3H3/b6-4-,22-21+. The molecule has 0 radical (unpaired) electrons. The summed E-state index contributed by atoms with van der Waals surface area (Å²) in [6.07, 6.45) is 5.99. The van der Waals surface area contributed by atoms with Crippen LogP contribution in [0, 0.1) is 17.2 Å². The Morgan fingerprint density at radius 2 is 1.93 bits per heavy atom. The number of rotatable bonds is 8. The van der Waals surface area contributed by atoms with Crippen LogP contribution in [0.5, 0.6) is 0 Å². The fourth-order valence-corrected chi connectivity index (χ4v) is 3.23. The van der Waals surface area contributed by atoms with Gasteiger partial charge in [0.25, 0.3) is 0 Å². The number of nitriles is 1. The molecule has 1 heterocycles. The summed E-state index contributed by atoms with van der Waals surface area (Å²) in [4.78, 5) is 14.9. The summed E-state index contributed by atoms with van der Waals surface area (Å²) in [5.41, 5.74) is 3.02. The van der Waals surface area contributed by atoms with Gasteiger partial charge >= 0.3 is 0 Å². The first-order chi connectivity index (χ1) is 13.1. The number of morpholine rings is 1. The smallest absolute Gasteiger partial charge is 0.174 e. The molecule has 0 N–H and O–H groups in total.